The summed E-state index contributed by atoms with van der Waals surface area (Å²) in [5, 5.41) is 0. The van der Waals surface area contributed by atoms with Crippen LogP contribution in [0.3, 0.4) is 0 Å². The first-order valence-electron chi connectivity index (χ1n) is 6.99. The number of hydrogen-bond donors (Lipinski definition) is 0. The molecule has 1 atom stereocenters. The molecule has 0 aromatic rings. The van der Waals surface area contributed by atoms with Crippen molar-refractivity contribution in [1.29, 1.82) is 0 Å². The Morgan fingerprint density at radius 3 is 2.22 bits per heavy atom. The Balaban J connectivity index is 3.78. The normalized spacial score (nSPS) is 11.9. The SMILES string of the molecule is CCCCCC(CC)OC(=O)CCC(=O)OCC. The number of rotatable bonds is 10. The van der Waals surface area contributed by atoms with Gasteiger partial charge in [-0.15, -0.1) is 0 Å². The second-order valence-electron chi connectivity index (χ2n) is 4.32. The van der Waals surface area contributed by atoms with Crippen LogP contribution >= 0.6 is 0 Å². The average molecular weight is 258 g/mol. The molecule has 18 heavy (non-hydrogen) atoms. The minimum Gasteiger partial charge on any atom is -0.466 e. The van der Waals surface area contributed by atoms with Gasteiger partial charge in [0.1, 0.15) is 6.10 Å². The summed E-state index contributed by atoms with van der Waals surface area (Å²) in [6.07, 6.45) is 5.36. The molecule has 0 spiro atoms. The zero-order chi connectivity index (χ0) is 13.8. The van der Waals surface area contributed by atoms with Crippen molar-refractivity contribution in [2.45, 2.75) is 71.8 Å². The summed E-state index contributed by atoms with van der Waals surface area (Å²) < 4.78 is 10.1. The number of ether oxygens (including phenoxy) is 2. The first-order chi connectivity index (χ1) is 8.63. The summed E-state index contributed by atoms with van der Waals surface area (Å²) in [6, 6.07) is 0. The van der Waals surface area contributed by atoms with Gasteiger partial charge in [-0.05, 0) is 26.2 Å². The van der Waals surface area contributed by atoms with Crippen LogP contribution in [0.1, 0.15) is 65.7 Å². The van der Waals surface area contributed by atoms with E-state index < -0.39 is 0 Å². The third-order valence-corrected chi connectivity index (χ3v) is 2.72. The van der Waals surface area contributed by atoms with Gasteiger partial charge in [0, 0.05) is 0 Å². The van der Waals surface area contributed by atoms with Gasteiger partial charge in [-0.1, -0.05) is 26.7 Å². The smallest absolute Gasteiger partial charge is 0.306 e. The molecule has 0 aromatic carbocycles. The van der Waals surface area contributed by atoms with Crippen molar-refractivity contribution in [1.82, 2.24) is 0 Å². The molecule has 1 unspecified atom stereocenters. The molecular weight excluding hydrogens is 232 g/mol. The van der Waals surface area contributed by atoms with E-state index in [1.54, 1.807) is 6.92 Å². The molecule has 0 bridgehead atoms. The fourth-order valence-electron chi connectivity index (χ4n) is 1.65. The van der Waals surface area contributed by atoms with E-state index in [9.17, 15) is 9.59 Å². The van der Waals surface area contributed by atoms with E-state index in [4.69, 9.17) is 9.47 Å². The van der Waals surface area contributed by atoms with Crippen molar-refractivity contribution in [2.24, 2.45) is 0 Å². The van der Waals surface area contributed by atoms with Crippen molar-refractivity contribution in [3.05, 3.63) is 0 Å². The molecule has 0 heterocycles. The van der Waals surface area contributed by atoms with E-state index in [1.807, 2.05) is 6.92 Å². The number of hydrogen-bond acceptors (Lipinski definition) is 4. The second kappa shape index (κ2) is 11.1. The molecule has 0 amide bonds. The van der Waals surface area contributed by atoms with Gasteiger partial charge < -0.3 is 9.47 Å². The van der Waals surface area contributed by atoms with Crippen LogP contribution in [0.25, 0.3) is 0 Å². The zero-order valence-corrected chi connectivity index (χ0v) is 11.9. The van der Waals surface area contributed by atoms with E-state index in [-0.39, 0.29) is 30.9 Å². The molecule has 0 aromatic heterocycles. The van der Waals surface area contributed by atoms with Crippen molar-refractivity contribution >= 4 is 11.9 Å². The molecule has 0 aliphatic carbocycles. The maximum atomic E-state index is 11.5. The number of esters is 2. The van der Waals surface area contributed by atoms with Crippen LogP contribution in [-0.2, 0) is 19.1 Å². The van der Waals surface area contributed by atoms with E-state index >= 15 is 0 Å². The lowest BCUT2D eigenvalue weighted by molar-refractivity contribution is -0.153. The van der Waals surface area contributed by atoms with Gasteiger partial charge >= 0.3 is 11.9 Å². The van der Waals surface area contributed by atoms with Crippen LogP contribution in [0.15, 0.2) is 0 Å². The van der Waals surface area contributed by atoms with Crippen molar-refractivity contribution in [3.63, 3.8) is 0 Å². The summed E-state index contributed by atoms with van der Waals surface area (Å²) in [4.78, 5) is 22.6. The molecule has 4 nitrogen and oxygen atoms in total. The van der Waals surface area contributed by atoms with E-state index in [0.717, 1.165) is 32.1 Å². The highest BCUT2D eigenvalue weighted by molar-refractivity contribution is 5.77. The Labute approximate surface area is 110 Å². The lowest BCUT2D eigenvalue weighted by Gasteiger charge is -2.15. The lowest BCUT2D eigenvalue weighted by atomic mass is 10.1. The highest BCUT2D eigenvalue weighted by atomic mass is 16.5. The third-order valence-electron chi connectivity index (χ3n) is 2.72. The predicted octanol–water partition coefficient (Wildman–Crippen LogP) is 3.23. The van der Waals surface area contributed by atoms with Crippen LogP contribution in [0.5, 0.6) is 0 Å². The molecule has 0 radical (unpaired) electrons. The van der Waals surface area contributed by atoms with Gasteiger partial charge in [-0.25, -0.2) is 0 Å². The molecule has 0 saturated heterocycles. The molecule has 4 heteroatoms. The van der Waals surface area contributed by atoms with Gasteiger partial charge in [-0.2, -0.15) is 0 Å². The molecule has 0 rings (SSSR count). The zero-order valence-electron chi connectivity index (χ0n) is 11.9. The van der Waals surface area contributed by atoms with Gasteiger partial charge in [-0.3, -0.25) is 9.59 Å². The molecule has 0 N–H and O–H groups in total. The Morgan fingerprint density at radius 1 is 1.00 bits per heavy atom. The maximum absolute atomic E-state index is 11.5. The Kier molecular flexibility index (Phi) is 10.4. The van der Waals surface area contributed by atoms with Crippen LogP contribution < -0.4 is 0 Å². The lowest BCUT2D eigenvalue weighted by Crippen LogP contribution is -2.18. The second-order valence-corrected chi connectivity index (χ2v) is 4.32. The van der Waals surface area contributed by atoms with Crippen LogP contribution in [0.4, 0.5) is 0 Å². The Bertz CT molecular complexity index is 238. The molecule has 0 fully saturated rings. The Morgan fingerprint density at radius 2 is 1.67 bits per heavy atom. The quantitative estimate of drug-likeness (QED) is 0.446. The van der Waals surface area contributed by atoms with E-state index in [2.05, 4.69) is 6.92 Å². The first-order valence-corrected chi connectivity index (χ1v) is 6.99. The summed E-state index contributed by atoms with van der Waals surface area (Å²) >= 11 is 0. The van der Waals surface area contributed by atoms with Gasteiger partial charge in [0.15, 0.2) is 0 Å². The first kappa shape index (κ1) is 16.9. The van der Waals surface area contributed by atoms with Crippen LogP contribution in [-0.4, -0.2) is 24.6 Å². The minimum atomic E-state index is -0.339. The fraction of sp³-hybridized carbons (Fsp3) is 0.857. The summed E-state index contributed by atoms with van der Waals surface area (Å²) in [5.74, 6) is -0.639. The van der Waals surface area contributed by atoms with Crippen LogP contribution in [0.2, 0.25) is 0 Å². The topological polar surface area (TPSA) is 52.6 Å². The van der Waals surface area contributed by atoms with Crippen molar-refractivity contribution < 1.29 is 19.1 Å². The average Bonchev–Trinajstić information content (AvgIpc) is 2.35. The molecule has 0 aliphatic heterocycles. The monoisotopic (exact) mass is 258 g/mol. The van der Waals surface area contributed by atoms with E-state index in [0.29, 0.717) is 6.61 Å². The maximum Gasteiger partial charge on any atom is 0.306 e. The number of carbonyl (C=O) groups is 2. The highest BCUT2D eigenvalue weighted by Crippen LogP contribution is 2.11. The van der Waals surface area contributed by atoms with Gasteiger partial charge in [0.2, 0.25) is 0 Å². The molecule has 106 valence electrons. The molecule has 0 saturated carbocycles. The predicted molar refractivity (Wildman–Crippen MR) is 70.2 cm³/mol. The molecule has 0 aliphatic rings. The largest absolute Gasteiger partial charge is 0.466 e. The van der Waals surface area contributed by atoms with Crippen molar-refractivity contribution in [3.8, 4) is 0 Å². The summed E-state index contributed by atoms with van der Waals surface area (Å²) in [6.45, 7) is 6.25. The number of carbonyl (C=O) groups excluding carboxylic acids is 2. The fourth-order valence-corrected chi connectivity index (χ4v) is 1.65. The van der Waals surface area contributed by atoms with Crippen molar-refractivity contribution in [2.75, 3.05) is 6.61 Å². The minimum absolute atomic E-state index is 0.00811. The van der Waals surface area contributed by atoms with E-state index in [1.165, 1.54) is 0 Å². The third kappa shape index (κ3) is 9.02. The summed E-state index contributed by atoms with van der Waals surface area (Å²) in [7, 11) is 0. The highest BCUT2D eigenvalue weighted by Gasteiger charge is 2.14. The number of unbranched alkanes of at least 4 members (excludes halogenated alkanes) is 2. The van der Waals surface area contributed by atoms with Gasteiger partial charge in [0.05, 0.1) is 19.4 Å². The standard InChI is InChI=1S/C14H26O4/c1-4-7-8-9-12(5-2)18-14(16)11-10-13(15)17-6-3/h12H,4-11H2,1-3H3. The Hall–Kier alpha value is -1.06. The summed E-state index contributed by atoms with van der Waals surface area (Å²) in [5.41, 5.74) is 0. The van der Waals surface area contributed by atoms with Crippen LogP contribution in [0, 0.1) is 0 Å². The molecular formula is C14H26O4. The van der Waals surface area contributed by atoms with Gasteiger partial charge in [0.25, 0.3) is 0 Å².